The molecule has 1 spiro atoms. The summed E-state index contributed by atoms with van der Waals surface area (Å²) in [5.41, 5.74) is 13.2. The van der Waals surface area contributed by atoms with Gasteiger partial charge in [0.1, 0.15) is 11.7 Å². The Morgan fingerprint density at radius 3 is 1.80 bits per heavy atom. The van der Waals surface area contributed by atoms with Crippen molar-refractivity contribution in [2.75, 3.05) is 0 Å². The SMILES string of the molecule is c1ccc(C2N=C(c3ccc4c(c3)C3(c5ccccc5-4)c4ccccc4-c4cc5ccccc5cc43)NC(c3ccc4c(c3)sc3ccccc34)=N2)cc1. The van der Waals surface area contributed by atoms with Crippen LogP contribution in [0.15, 0.2) is 186 Å². The molecule has 0 fully saturated rings. The molecule has 2 heterocycles. The third kappa shape index (κ3) is 4.11. The standard InChI is InChI=1S/C50H31N3S/c1-2-12-30(13-3-1)47-51-48(53-49(52-47)34-23-25-39-38-18-8-11-21-45(38)54-46(39)29-34)33-22-24-37-35-16-6-9-19-41(35)50(43(37)28-33)42-20-10-7-17-36(42)40-26-31-14-4-5-15-32(31)27-44(40)50/h1-29,47H,(H,51,52,53). The van der Waals surface area contributed by atoms with Crippen LogP contribution in [0.5, 0.6) is 0 Å². The first-order chi connectivity index (χ1) is 26.7. The lowest BCUT2D eigenvalue weighted by Crippen LogP contribution is -2.36. The molecule has 1 aromatic heterocycles. The predicted octanol–water partition coefficient (Wildman–Crippen LogP) is 12.0. The number of fused-ring (bicyclic) bond motifs is 14. The lowest BCUT2D eigenvalue weighted by atomic mass is 9.70. The molecule has 0 bridgehead atoms. The van der Waals surface area contributed by atoms with Crippen molar-refractivity contribution in [1.82, 2.24) is 5.32 Å². The Hall–Kier alpha value is -6.62. The van der Waals surface area contributed by atoms with Gasteiger partial charge < -0.3 is 5.32 Å². The number of nitrogens with one attached hydrogen (secondary N) is 1. The van der Waals surface area contributed by atoms with E-state index in [9.17, 15) is 0 Å². The summed E-state index contributed by atoms with van der Waals surface area (Å²) in [6.07, 6.45) is -0.380. The van der Waals surface area contributed by atoms with Gasteiger partial charge in [-0.3, -0.25) is 0 Å². The highest BCUT2D eigenvalue weighted by Gasteiger charge is 2.51. The van der Waals surface area contributed by atoms with E-state index in [1.807, 2.05) is 17.4 Å². The number of nitrogens with zero attached hydrogens (tertiary/aromatic N) is 2. The first-order valence-electron chi connectivity index (χ1n) is 18.5. The van der Waals surface area contributed by atoms with Crippen LogP contribution < -0.4 is 5.32 Å². The second-order valence-electron chi connectivity index (χ2n) is 14.5. The van der Waals surface area contributed by atoms with Crippen LogP contribution in [-0.2, 0) is 5.41 Å². The maximum atomic E-state index is 5.33. The van der Waals surface area contributed by atoms with Crippen LogP contribution in [-0.4, -0.2) is 11.7 Å². The van der Waals surface area contributed by atoms with Crippen molar-refractivity contribution in [3.8, 4) is 22.3 Å². The molecule has 3 aliphatic rings. The number of hydrogen-bond donors (Lipinski definition) is 1. The molecule has 3 nitrogen and oxygen atoms in total. The molecule has 2 atom stereocenters. The van der Waals surface area contributed by atoms with Crippen molar-refractivity contribution >= 4 is 54.0 Å². The van der Waals surface area contributed by atoms with Crippen LogP contribution in [0.2, 0.25) is 0 Å². The second-order valence-corrected chi connectivity index (χ2v) is 15.6. The van der Waals surface area contributed by atoms with Gasteiger partial charge in [-0.2, -0.15) is 0 Å². The quantitative estimate of drug-likeness (QED) is 0.195. The van der Waals surface area contributed by atoms with Gasteiger partial charge >= 0.3 is 0 Å². The second kappa shape index (κ2) is 11.2. The molecule has 1 N–H and O–H groups in total. The van der Waals surface area contributed by atoms with Gasteiger partial charge in [0.15, 0.2) is 6.17 Å². The monoisotopic (exact) mass is 705 g/mol. The fraction of sp³-hybridized carbons (Fsp3) is 0.0400. The number of aliphatic imine (C=N–C) groups is 2. The van der Waals surface area contributed by atoms with Crippen LogP contribution in [0.25, 0.3) is 53.2 Å². The highest BCUT2D eigenvalue weighted by atomic mass is 32.1. The largest absolute Gasteiger partial charge is 0.324 e. The van der Waals surface area contributed by atoms with Crippen molar-refractivity contribution in [2.24, 2.45) is 9.98 Å². The lowest BCUT2D eigenvalue weighted by molar-refractivity contribution is 0.755. The minimum Gasteiger partial charge on any atom is -0.324 e. The Balaban J connectivity index is 1.06. The number of amidine groups is 2. The Labute approximate surface area is 316 Å². The number of benzene rings is 8. The van der Waals surface area contributed by atoms with Crippen LogP contribution in [0.3, 0.4) is 0 Å². The molecule has 2 unspecified atom stereocenters. The van der Waals surface area contributed by atoms with E-state index >= 15 is 0 Å². The molecule has 12 rings (SSSR count). The summed E-state index contributed by atoms with van der Waals surface area (Å²) < 4.78 is 2.55. The summed E-state index contributed by atoms with van der Waals surface area (Å²) in [7, 11) is 0. The van der Waals surface area contributed by atoms with E-state index in [2.05, 4.69) is 175 Å². The first kappa shape index (κ1) is 29.9. The zero-order valence-electron chi connectivity index (χ0n) is 29.1. The molecular weight excluding hydrogens is 675 g/mol. The Kier molecular flexibility index (Phi) is 6.20. The normalized spacial score (nSPS) is 17.9. The van der Waals surface area contributed by atoms with Gasteiger partial charge in [-0.15, -0.1) is 11.3 Å². The molecule has 2 aliphatic carbocycles. The van der Waals surface area contributed by atoms with Gasteiger partial charge in [0.2, 0.25) is 0 Å². The average molecular weight is 706 g/mol. The topological polar surface area (TPSA) is 36.8 Å². The van der Waals surface area contributed by atoms with Gasteiger partial charge in [-0.1, -0.05) is 146 Å². The Morgan fingerprint density at radius 2 is 1.00 bits per heavy atom. The fourth-order valence-electron chi connectivity index (χ4n) is 9.36. The molecule has 8 aromatic carbocycles. The van der Waals surface area contributed by atoms with E-state index in [1.165, 1.54) is 75.5 Å². The van der Waals surface area contributed by atoms with Crippen LogP contribution in [0.1, 0.15) is 45.1 Å². The van der Waals surface area contributed by atoms with E-state index in [-0.39, 0.29) is 6.17 Å². The minimum atomic E-state index is -0.463. The van der Waals surface area contributed by atoms with E-state index < -0.39 is 5.41 Å². The van der Waals surface area contributed by atoms with Crippen molar-refractivity contribution in [3.63, 3.8) is 0 Å². The molecule has 4 heteroatoms. The van der Waals surface area contributed by atoms with Crippen LogP contribution in [0.4, 0.5) is 0 Å². The molecule has 0 saturated heterocycles. The summed E-state index contributed by atoms with van der Waals surface area (Å²) in [5, 5.41) is 8.83. The Morgan fingerprint density at radius 1 is 0.426 bits per heavy atom. The number of thiophene rings is 1. The highest BCUT2D eigenvalue weighted by molar-refractivity contribution is 7.25. The Bertz CT molecular complexity index is 3100. The van der Waals surface area contributed by atoms with E-state index in [1.54, 1.807) is 0 Å². The average Bonchev–Trinajstić information content (AvgIpc) is 3.86. The lowest BCUT2D eigenvalue weighted by Gasteiger charge is -2.31. The third-order valence-electron chi connectivity index (χ3n) is 11.7. The van der Waals surface area contributed by atoms with E-state index in [4.69, 9.17) is 9.98 Å². The van der Waals surface area contributed by atoms with E-state index in [0.29, 0.717) is 0 Å². The summed E-state index contributed by atoms with van der Waals surface area (Å²) in [5.74, 6) is 1.65. The van der Waals surface area contributed by atoms with Crippen molar-refractivity contribution in [1.29, 1.82) is 0 Å². The maximum Gasteiger partial charge on any atom is 0.169 e. The zero-order valence-corrected chi connectivity index (χ0v) is 29.9. The van der Waals surface area contributed by atoms with Crippen molar-refractivity contribution in [2.45, 2.75) is 11.6 Å². The molecule has 252 valence electrons. The molecule has 0 amide bonds. The smallest absolute Gasteiger partial charge is 0.169 e. The third-order valence-corrected chi connectivity index (χ3v) is 12.9. The fourth-order valence-corrected chi connectivity index (χ4v) is 10.5. The van der Waals surface area contributed by atoms with Gasteiger partial charge in [0.25, 0.3) is 0 Å². The summed E-state index contributed by atoms with van der Waals surface area (Å²) in [4.78, 5) is 10.6. The molecule has 0 saturated carbocycles. The van der Waals surface area contributed by atoms with Gasteiger partial charge in [-0.05, 0) is 91.2 Å². The van der Waals surface area contributed by atoms with E-state index in [0.717, 1.165) is 28.4 Å². The van der Waals surface area contributed by atoms with Crippen molar-refractivity contribution in [3.05, 3.63) is 215 Å². The molecular formula is C50H31N3S. The number of rotatable bonds is 3. The summed E-state index contributed by atoms with van der Waals surface area (Å²) in [6.45, 7) is 0. The first-order valence-corrected chi connectivity index (χ1v) is 19.3. The van der Waals surface area contributed by atoms with Crippen LogP contribution in [0, 0.1) is 0 Å². The highest BCUT2D eigenvalue weighted by Crippen LogP contribution is 2.63. The van der Waals surface area contributed by atoms with Crippen LogP contribution >= 0.6 is 11.3 Å². The maximum absolute atomic E-state index is 5.33. The summed E-state index contributed by atoms with van der Waals surface area (Å²) in [6, 6.07) is 64.4. The predicted molar refractivity (Wildman–Crippen MR) is 225 cm³/mol. The van der Waals surface area contributed by atoms with Gasteiger partial charge in [0.05, 0.1) is 5.41 Å². The molecule has 9 aromatic rings. The minimum absolute atomic E-state index is 0.380. The molecule has 1 aliphatic heterocycles. The molecule has 54 heavy (non-hydrogen) atoms. The van der Waals surface area contributed by atoms with Gasteiger partial charge in [0, 0.05) is 31.3 Å². The molecule has 0 radical (unpaired) electrons. The van der Waals surface area contributed by atoms with Gasteiger partial charge in [-0.25, -0.2) is 9.98 Å². The summed E-state index contributed by atoms with van der Waals surface area (Å²) >= 11 is 1.83. The zero-order chi connectivity index (χ0) is 35.4. The van der Waals surface area contributed by atoms with Crippen molar-refractivity contribution < 1.29 is 0 Å². The number of hydrogen-bond acceptors (Lipinski definition) is 4.